The molecule has 2 aromatic rings. The zero-order valence-corrected chi connectivity index (χ0v) is 17.8. The van der Waals surface area contributed by atoms with Crippen LogP contribution in [-0.2, 0) is 21.3 Å². The molecule has 0 aromatic heterocycles. The Balaban J connectivity index is 2.47. The molecular formula is C18H20Cl2N2O5S. The summed E-state index contributed by atoms with van der Waals surface area (Å²) in [6.07, 6.45) is -0.702. The quantitative estimate of drug-likeness (QED) is 0.727. The molecule has 0 aliphatic rings. The highest BCUT2D eigenvalue weighted by molar-refractivity contribution is 7.89. The van der Waals surface area contributed by atoms with E-state index in [4.69, 9.17) is 33.1 Å². The Morgan fingerprint density at radius 1 is 1.18 bits per heavy atom. The van der Waals surface area contributed by atoms with Crippen molar-refractivity contribution >= 4 is 45.0 Å². The van der Waals surface area contributed by atoms with Crippen LogP contribution >= 0.6 is 23.2 Å². The summed E-state index contributed by atoms with van der Waals surface area (Å²) in [7, 11) is -3.88. The summed E-state index contributed by atoms with van der Waals surface area (Å²) >= 11 is 12.0. The maximum Gasteiger partial charge on any atom is 0.415 e. The summed E-state index contributed by atoms with van der Waals surface area (Å²) in [5, 5.41) is 15.6. The Morgan fingerprint density at radius 2 is 1.75 bits per heavy atom. The largest absolute Gasteiger partial charge is 0.506 e. The van der Waals surface area contributed by atoms with Crippen molar-refractivity contribution in [3.8, 4) is 5.75 Å². The summed E-state index contributed by atoms with van der Waals surface area (Å²) in [5.74, 6) is -0.221. The van der Waals surface area contributed by atoms with Crippen molar-refractivity contribution in [2.24, 2.45) is 5.14 Å². The topological polar surface area (TPSA) is 110 Å². The maximum atomic E-state index is 12.7. The van der Waals surface area contributed by atoms with Crippen molar-refractivity contribution in [1.82, 2.24) is 0 Å². The van der Waals surface area contributed by atoms with Gasteiger partial charge in [0, 0.05) is 16.3 Å². The van der Waals surface area contributed by atoms with Gasteiger partial charge in [0.05, 0.1) is 16.5 Å². The van der Waals surface area contributed by atoms with Gasteiger partial charge < -0.3 is 9.84 Å². The molecule has 0 spiro atoms. The SMILES string of the molecule is CC(C)(C)OC(=O)N(Cc1cc(Cl)cc(Cl)c1O)c1ccc(S(N)(=O)=O)cc1. The number of carbonyl (C=O) groups is 1. The van der Waals surface area contributed by atoms with Gasteiger partial charge in [0.1, 0.15) is 11.4 Å². The summed E-state index contributed by atoms with van der Waals surface area (Å²) in [4.78, 5) is 13.9. The zero-order chi connectivity index (χ0) is 21.3. The normalized spacial score (nSPS) is 11.9. The highest BCUT2D eigenvalue weighted by Gasteiger charge is 2.25. The van der Waals surface area contributed by atoms with Gasteiger partial charge in [-0.25, -0.2) is 18.4 Å². The number of halogens is 2. The fourth-order valence-electron chi connectivity index (χ4n) is 2.30. The van der Waals surface area contributed by atoms with Crippen LogP contribution in [0, 0.1) is 0 Å². The summed E-state index contributed by atoms with van der Waals surface area (Å²) in [5.41, 5.74) is -0.153. The molecule has 10 heteroatoms. The van der Waals surface area contributed by atoms with Gasteiger partial charge in [-0.1, -0.05) is 23.2 Å². The molecular weight excluding hydrogens is 427 g/mol. The van der Waals surface area contributed by atoms with E-state index in [0.717, 1.165) is 0 Å². The second-order valence-electron chi connectivity index (χ2n) is 7.00. The molecule has 28 heavy (non-hydrogen) atoms. The third-order valence-electron chi connectivity index (χ3n) is 3.53. The van der Waals surface area contributed by atoms with Gasteiger partial charge in [-0.15, -0.1) is 0 Å². The standard InChI is InChI=1S/C18H20Cl2N2O5S/c1-18(2,3)27-17(24)22(10-11-8-12(19)9-15(20)16(11)23)13-4-6-14(7-5-13)28(21,25)26/h4-9,23H,10H2,1-3H3,(H2,21,25,26). The number of phenols is 1. The summed E-state index contributed by atoms with van der Waals surface area (Å²) < 4.78 is 28.3. The van der Waals surface area contributed by atoms with E-state index in [0.29, 0.717) is 11.3 Å². The molecule has 3 N–H and O–H groups in total. The minimum absolute atomic E-state index is 0.0382. The van der Waals surface area contributed by atoms with Crippen molar-refractivity contribution in [3.63, 3.8) is 0 Å². The van der Waals surface area contributed by atoms with Crippen molar-refractivity contribution < 1.29 is 23.1 Å². The minimum Gasteiger partial charge on any atom is -0.506 e. The van der Waals surface area contributed by atoms with E-state index in [-0.39, 0.29) is 27.2 Å². The van der Waals surface area contributed by atoms with Crippen LogP contribution in [0.1, 0.15) is 26.3 Å². The molecule has 1 amide bonds. The predicted molar refractivity (Wildman–Crippen MR) is 108 cm³/mol. The molecule has 0 unspecified atom stereocenters. The Kier molecular flexibility index (Phi) is 6.50. The predicted octanol–water partition coefficient (Wildman–Crippen LogP) is 4.29. The number of hydrogen-bond donors (Lipinski definition) is 2. The Hall–Kier alpha value is -2.00. The number of hydrogen-bond acceptors (Lipinski definition) is 5. The number of phenolic OH excluding ortho intramolecular Hbond substituents is 1. The van der Waals surface area contributed by atoms with Gasteiger partial charge in [0.2, 0.25) is 10.0 Å². The lowest BCUT2D eigenvalue weighted by Gasteiger charge is -2.28. The molecule has 7 nitrogen and oxygen atoms in total. The Bertz CT molecular complexity index is 986. The number of sulfonamides is 1. The van der Waals surface area contributed by atoms with Crippen LogP contribution < -0.4 is 10.0 Å². The number of aromatic hydroxyl groups is 1. The number of anilines is 1. The Morgan fingerprint density at radius 3 is 2.25 bits per heavy atom. The maximum absolute atomic E-state index is 12.7. The molecule has 2 aromatic carbocycles. The highest BCUT2D eigenvalue weighted by atomic mass is 35.5. The van der Waals surface area contributed by atoms with Gasteiger partial charge in [-0.05, 0) is 57.2 Å². The summed E-state index contributed by atoms with van der Waals surface area (Å²) in [6.45, 7) is 5.01. The smallest absolute Gasteiger partial charge is 0.415 e. The molecule has 0 saturated heterocycles. The van der Waals surface area contributed by atoms with Crippen molar-refractivity contribution in [3.05, 3.63) is 52.0 Å². The minimum atomic E-state index is -3.88. The van der Waals surface area contributed by atoms with Crippen LogP contribution in [-0.4, -0.2) is 25.2 Å². The van der Waals surface area contributed by atoms with Gasteiger partial charge in [0.15, 0.2) is 0 Å². The molecule has 0 heterocycles. The lowest BCUT2D eigenvalue weighted by atomic mass is 10.1. The van der Waals surface area contributed by atoms with Gasteiger partial charge in [-0.2, -0.15) is 0 Å². The first-order valence-corrected chi connectivity index (χ1v) is 10.4. The molecule has 0 atom stereocenters. The van der Waals surface area contributed by atoms with Gasteiger partial charge in [0.25, 0.3) is 0 Å². The lowest BCUT2D eigenvalue weighted by Crippen LogP contribution is -2.36. The highest BCUT2D eigenvalue weighted by Crippen LogP contribution is 2.33. The lowest BCUT2D eigenvalue weighted by molar-refractivity contribution is 0.0577. The molecule has 0 aliphatic carbocycles. The van der Waals surface area contributed by atoms with Crippen LogP contribution in [0.5, 0.6) is 5.75 Å². The van der Waals surface area contributed by atoms with Crippen LogP contribution in [0.4, 0.5) is 10.5 Å². The number of nitrogens with zero attached hydrogens (tertiary/aromatic N) is 1. The van der Waals surface area contributed by atoms with E-state index in [1.165, 1.54) is 41.3 Å². The summed E-state index contributed by atoms with van der Waals surface area (Å²) in [6, 6.07) is 8.21. The van der Waals surface area contributed by atoms with E-state index < -0.39 is 21.7 Å². The molecule has 0 radical (unpaired) electrons. The fourth-order valence-corrected chi connectivity index (χ4v) is 3.36. The average molecular weight is 447 g/mol. The fraction of sp³-hybridized carbons (Fsp3) is 0.278. The molecule has 0 fully saturated rings. The van der Waals surface area contributed by atoms with Crippen molar-refractivity contribution in [2.45, 2.75) is 37.8 Å². The number of nitrogens with two attached hydrogens (primary N) is 1. The van der Waals surface area contributed by atoms with E-state index in [2.05, 4.69) is 0 Å². The molecule has 0 aliphatic heterocycles. The van der Waals surface area contributed by atoms with Crippen LogP contribution in [0.3, 0.4) is 0 Å². The number of amides is 1. The average Bonchev–Trinajstić information content (AvgIpc) is 2.54. The number of ether oxygens (including phenoxy) is 1. The number of benzene rings is 2. The molecule has 2 rings (SSSR count). The second kappa shape index (κ2) is 8.16. The zero-order valence-electron chi connectivity index (χ0n) is 15.4. The third-order valence-corrected chi connectivity index (χ3v) is 4.96. The van der Waals surface area contributed by atoms with Crippen LogP contribution in [0.2, 0.25) is 10.0 Å². The number of rotatable bonds is 4. The first-order chi connectivity index (χ1) is 12.8. The van der Waals surface area contributed by atoms with Crippen molar-refractivity contribution in [2.75, 3.05) is 4.90 Å². The second-order valence-corrected chi connectivity index (χ2v) is 9.41. The van der Waals surface area contributed by atoms with Crippen LogP contribution in [0.15, 0.2) is 41.3 Å². The molecule has 0 bridgehead atoms. The van der Waals surface area contributed by atoms with Gasteiger partial charge >= 0.3 is 6.09 Å². The monoisotopic (exact) mass is 446 g/mol. The molecule has 152 valence electrons. The van der Waals surface area contributed by atoms with Crippen molar-refractivity contribution in [1.29, 1.82) is 0 Å². The first-order valence-electron chi connectivity index (χ1n) is 8.08. The first kappa shape index (κ1) is 22.3. The van der Waals surface area contributed by atoms with E-state index in [9.17, 15) is 18.3 Å². The van der Waals surface area contributed by atoms with E-state index in [1.807, 2.05) is 0 Å². The van der Waals surface area contributed by atoms with Gasteiger partial charge in [-0.3, -0.25) is 4.90 Å². The molecule has 0 saturated carbocycles. The van der Waals surface area contributed by atoms with E-state index in [1.54, 1.807) is 20.8 Å². The van der Waals surface area contributed by atoms with Crippen LogP contribution in [0.25, 0.3) is 0 Å². The number of carbonyl (C=O) groups excluding carboxylic acids is 1. The van der Waals surface area contributed by atoms with E-state index >= 15 is 0 Å². The Labute approximate surface area is 173 Å². The third kappa shape index (κ3) is 5.75. The number of primary sulfonamides is 1.